The van der Waals surface area contributed by atoms with Gasteiger partial charge in [-0.1, -0.05) is 32.8 Å². The molecule has 0 amide bonds. The monoisotopic (exact) mass is 251 g/mol. The van der Waals surface area contributed by atoms with Crippen LogP contribution in [0.5, 0.6) is 0 Å². The van der Waals surface area contributed by atoms with Gasteiger partial charge in [0.15, 0.2) is 6.29 Å². The first-order chi connectivity index (χ1) is 8.74. The van der Waals surface area contributed by atoms with E-state index in [1.54, 1.807) is 6.07 Å². The minimum Gasteiger partial charge on any atom is -0.371 e. The number of unbranched alkanes of at least 4 members (excludes halogenated alkanes) is 2. The molecular formula is C15H22FNO. The van der Waals surface area contributed by atoms with Crippen molar-refractivity contribution in [3.05, 3.63) is 29.6 Å². The smallest absolute Gasteiger partial charge is 0.155 e. The van der Waals surface area contributed by atoms with Gasteiger partial charge in [-0.15, -0.1) is 0 Å². The molecule has 0 atom stereocenters. The zero-order valence-electron chi connectivity index (χ0n) is 11.3. The predicted octanol–water partition coefficient (Wildman–Crippen LogP) is 4.04. The maximum Gasteiger partial charge on any atom is 0.155 e. The second-order valence-electron chi connectivity index (χ2n) is 4.48. The van der Waals surface area contributed by atoms with Crippen molar-refractivity contribution in [2.45, 2.75) is 39.5 Å². The third-order valence-electron chi connectivity index (χ3n) is 3.05. The number of hydrogen-bond acceptors (Lipinski definition) is 2. The zero-order chi connectivity index (χ0) is 13.4. The summed E-state index contributed by atoms with van der Waals surface area (Å²) in [5, 5.41) is 0. The van der Waals surface area contributed by atoms with Crippen molar-refractivity contribution < 1.29 is 9.18 Å². The quantitative estimate of drug-likeness (QED) is 0.650. The molecule has 1 aromatic rings. The van der Waals surface area contributed by atoms with Gasteiger partial charge in [0.05, 0.1) is 11.3 Å². The van der Waals surface area contributed by atoms with Crippen molar-refractivity contribution >= 4 is 12.0 Å². The SMILES string of the molecule is CCCCN(CCCC)c1cccc(F)c1C=O. The fourth-order valence-corrected chi connectivity index (χ4v) is 1.97. The van der Waals surface area contributed by atoms with Crippen molar-refractivity contribution in [2.24, 2.45) is 0 Å². The summed E-state index contributed by atoms with van der Waals surface area (Å²) in [5.41, 5.74) is 0.914. The number of hydrogen-bond donors (Lipinski definition) is 0. The molecule has 0 spiro atoms. The summed E-state index contributed by atoms with van der Waals surface area (Å²) in [6, 6.07) is 4.84. The second kappa shape index (κ2) is 7.85. The third kappa shape index (κ3) is 3.83. The second-order valence-corrected chi connectivity index (χ2v) is 4.48. The van der Waals surface area contributed by atoms with Gasteiger partial charge in [-0.05, 0) is 25.0 Å². The van der Waals surface area contributed by atoms with Crippen molar-refractivity contribution in [1.29, 1.82) is 0 Å². The van der Waals surface area contributed by atoms with Gasteiger partial charge in [0.1, 0.15) is 5.82 Å². The molecule has 0 aliphatic heterocycles. The normalized spacial score (nSPS) is 10.4. The molecule has 0 radical (unpaired) electrons. The number of rotatable bonds is 8. The standard InChI is InChI=1S/C15H22FNO/c1-3-5-10-17(11-6-4-2)15-9-7-8-14(16)13(15)12-18/h7-9,12H,3-6,10-11H2,1-2H3. The van der Waals surface area contributed by atoms with Gasteiger partial charge in [-0.2, -0.15) is 0 Å². The first kappa shape index (κ1) is 14.7. The van der Waals surface area contributed by atoms with Crippen molar-refractivity contribution in [2.75, 3.05) is 18.0 Å². The lowest BCUT2D eigenvalue weighted by atomic mass is 10.1. The Morgan fingerprint density at radius 1 is 1.17 bits per heavy atom. The number of halogens is 1. The largest absolute Gasteiger partial charge is 0.371 e. The Morgan fingerprint density at radius 3 is 2.28 bits per heavy atom. The van der Waals surface area contributed by atoms with Gasteiger partial charge < -0.3 is 4.90 Å². The summed E-state index contributed by atoms with van der Waals surface area (Å²) in [4.78, 5) is 13.2. The number of carbonyl (C=O) groups is 1. The summed E-state index contributed by atoms with van der Waals surface area (Å²) in [7, 11) is 0. The fraction of sp³-hybridized carbons (Fsp3) is 0.533. The number of aldehydes is 1. The van der Waals surface area contributed by atoms with Crippen LogP contribution in [-0.2, 0) is 0 Å². The molecule has 0 aliphatic carbocycles. The van der Waals surface area contributed by atoms with Gasteiger partial charge in [-0.3, -0.25) is 4.79 Å². The van der Waals surface area contributed by atoms with Crippen LogP contribution in [0.4, 0.5) is 10.1 Å². The number of anilines is 1. The molecule has 100 valence electrons. The summed E-state index contributed by atoms with van der Waals surface area (Å²) < 4.78 is 13.6. The van der Waals surface area contributed by atoms with Gasteiger partial charge in [-0.25, -0.2) is 4.39 Å². The number of carbonyl (C=O) groups excluding carboxylic acids is 1. The fourth-order valence-electron chi connectivity index (χ4n) is 1.97. The van der Waals surface area contributed by atoms with E-state index in [1.165, 1.54) is 6.07 Å². The van der Waals surface area contributed by atoms with E-state index in [9.17, 15) is 9.18 Å². The highest BCUT2D eigenvalue weighted by atomic mass is 19.1. The Bertz CT molecular complexity index is 371. The van der Waals surface area contributed by atoms with Crippen LogP contribution < -0.4 is 4.90 Å². The first-order valence-electron chi connectivity index (χ1n) is 6.73. The summed E-state index contributed by atoms with van der Waals surface area (Å²) >= 11 is 0. The van der Waals surface area contributed by atoms with Crippen LogP contribution >= 0.6 is 0 Å². The molecule has 0 saturated heterocycles. The molecule has 1 aromatic carbocycles. The van der Waals surface area contributed by atoms with Crippen molar-refractivity contribution in [3.8, 4) is 0 Å². The van der Waals surface area contributed by atoms with Gasteiger partial charge >= 0.3 is 0 Å². The molecule has 0 fully saturated rings. The number of nitrogens with zero attached hydrogens (tertiary/aromatic N) is 1. The van der Waals surface area contributed by atoms with Crippen molar-refractivity contribution in [1.82, 2.24) is 0 Å². The van der Waals surface area contributed by atoms with E-state index in [0.29, 0.717) is 6.29 Å². The predicted molar refractivity (Wildman–Crippen MR) is 73.8 cm³/mol. The van der Waals surface area contributed by atoms with E-state index in [4.69, 9.17) is 0 Å². The summed E-state index contributed by atoms with van der Waals surface area (Å²) in [6.07, 6.45) is 4.91. The molecule has 2 nitrogen and oxygen atoms in total. The highest BCUT2D eigenvalue weighted by molar-refractivity contribution is 5.85. The Morgan fingerprint density at radius 2 is 1.78 bits per heavy atom. The molecule has 0 N–H and O–H groups in total. The van der Waals surface area contributed by atoms with E-state index in [0.717, 1.165) is 44.5 Å². The molecular weight excluding hydrogens is 229 g/mol. The van der Waals surface area contributed by atoms with Gasteiger partial charge in [0.2, 0.25) is 0 Å². The lowest BCUT2D eigenvalue weighted by Crippen LogP contribution is -2.27. The number of benzene rings is 1. The highest BCUT2D eigenvalue weighted by Gasteiger charge is 2.13. The van der Waals surface area contributed by atoms with Crippen LogP contribution in [0.1, 0.15) is 49.9 Å². The van der Waals surface area contributed by atoms with Gasteiger partial charge in [0.25, 0.3) is 0 Å². The minimum atomic E-state index is -0.430. The maximum absolute atomic E-state index is 13.6. The lowest BCUT2D eigenvalue weighted by Gasteiger charge is -2.26. The maximum atomic E-state index is 13.6. The van der Waals surface area contributed by atoms with E-state index in [-0.39, 0.29) is 5.56 Å². The average molecular weight is 251 g/mol. The van der Waals surface area contributed by atoms with Crippen LogP contribution in [0.3, 0.4) is 0 Å². The van der Waals surface area contributed by atoms with E-state index in [1.807, 2.05) is 6.07 Å². The highest BCUT2D eigenvalue weighted by Crippen LogP contribution is 2.22. The molecule has 0 heterocycles. The lowest BCUT2D eigenvalue weighted by molar-refractivity contribution is 0.112. The molecule has 0 unspecified atom stereocenters. The molecule has 1 rings (SSSR count). The van der Waals surface area contributed by atoms with Crippen LogP contribution in [-0.4, -0.2) is 19.4 Å². The summed E-state index contributed by atoms with van der Waals surface area (Å²) in [6.45, 7) is 6.01. The Balaban J connectivity index is 2.95. The van der Waals surface area contributed by atoms with Crippen LogP contribution in [0.2, 0.25) is 0 Å². The van der Waals surface area contributed by atoms with E-state index in [2.05, 4.69) is 18.7 Å². The van der Waals surface area contributed by atoms with E-state index >= 15 is 0 Å². The van der Waals surface area contributed by atoms with Crippen LogP contribution in [0.15, 0.2) is 18.2 Å². The Labute approximate surface area is 109 Å². The molecule has 0 aliphatic rings. The molecule has 0 bridgehead atoms. The third-order valence-corrected chi connectivity index (χ3v) is 3.05. The molecule has 18 heavy (non-hydrogen) atoms. The Hall–Kier alpha value is -1.38. The van der Waals surface area contributed by atoms with Crippen LogP contribution in [0, 0.1) is 5.82 Å². The first-order valence-corrected chi connectivity index (χ1v) is 6.73. The minimum absolute atomic E-state index is 0.185. The molecule has 0 aromatic heterocycles. The van der Waals surface area contributed by atoms with Gasteiger partial charge in [0, 0.05) is 13.1 Å². The van der Waals surface area contributed by atoms with E-state index < -0.39 is 5.82 Å². The Kier molecular flexibility index (Phi) is 6.40. The van der Waals surface area contributed by atoms with Crippen LogP contribution in [0.25, 0.3) is 0 Å². The molecule has 0 saturated carbocycles. The van der Waals surface area contributed by atoms with Crippen molar-refractivity contribution in [3.63, 3.8) is 0 Å². The zero-order valence-corrected chi connectivity index (χ0v) is 11.3. The molecule has 3 heteroatoms. The average Bonchev–Trinajstić information content (AvgIpc) is 2.39. The summed E-state index contributed by atoms with van der Waals surface area (Å²) in [5.74, 6) is -0.430. The topological polar surface area (TPSA) is 20.3 Å².